The minimum Gasteiger partial charge on any atom is -0.0848 e. The second kappa shape index (κ2) is 21.2. The Bertz CT molecular complexity index is 616. The molecule has 0 aromatic heterocycles. The molecule has 0 aliphatic heterocycles. The van der Waals surface area contributed by atoms with E-state index >= 15 is 0 Å². The molecule has 0 radical (unpaired) electrons. The summed E-state index contributed by atoms with van der Waals surface area (Å²) in [5.74, 6) is 4.65. The van der Waals surface area contributed by atoms with Crippen LogP contribution in [-0.4, -0.2) is 0 Å². The molecule has 4 rings (SSSR count). The average molecular weight is 505 g/mol. The SMILES string of the molecule is C.C.CC.CC.CC.CCC(C)C.CCC/C=C1/CCC2C3CCC4CC(C)=CC=C4C3CCC12C. The summed E-state index contributed by atoms with van der Waals surface area (Å²) in [4.78, 5) is 0. The van der Waals surface area contributed by atoms with Crippen molar-refractivity contribution in [1.29, 1.82) is 0 Å². The average Bonchev–Trinajstić information content (AvgIpc) is 3.22. The van der Waals surface area contributed by atoms with E-state index in [0.29, 0.717) is 5.41 Å². The van der Waals surface area contributed by atoms with Gasteiger partial charge in [0.2, 0.25) is 0 Å². The maximum absolute atomic E-state index is 2.62. The zero-order valence-electron chi connectivity index (χ0n) is 25.7. The highest BCUT2D eigenvalue weighted by Gasteiger charge is 2.53. The van der Waals surface area contributed by atoms with Crippen molar-refractivity contribution >= 4 is 0 Å². The van der Waals surface area contributed by atoms with Crippen molar-refractivity contribution in [2.45, 2.75) is 162 Å². The van der Waals surface area contributed by atoms with Gasteiger partial charge in [-0.1, -0.05) is 139 Å². The molecular formula is C36H72. The minimum atomic E-state index is 0. The number of unbranched alkanes of at least 4 members (excludes halogenated alkanes) is 1. The fraction of sp³-hybridized carbons (Fsp3) is 0.833. The molecule has 5 unspecified atom stereocenters. The topological polar surface area (TPSA) is 0 Å². The Morgan fingerprint density at radius 2 is 1.50 bits per heavy atom. The molecule has 216 valence electrons. The Labute approximate surface area is 231 Å². The number of hydrogen-bond donors (Lipinski definition) is 0. The summed E-state index contributed by atoms with van der Waals surface area (Å²) in [5.41, 5.74) is 5.83. The van der Waals surface area contributed by atoms with E-state index in [4.69, 9.17) is 0 Å². The van der Waals surface area contributed by atoms with Crippen LogP contribution in [-0.2, 0) is 0 Å². The quantitative estimate of drug-likeness (QED) is 0.335. The Morgan fingerprint density at radius 1 is 0.917 bits per heavy atom. The lowest BCUT2D eigenvalue weighted by Crippen LogP contribution is -2.43. The molecule has 36 heavy (non-hydrogen) atoms. The summed E-state index contributed by atoms with van der Waals surface area (Å²) in [6, 6.07) is 0. The van der Waals surface area contributed by atoms with E-state index in [9.17, 15) is 0 Å². The van der Waals surface area contributed by atoms with Crippen molar-refractivity contribution in [3.05, 3.63) is 34.9 Å². The van der Waals surface area contributed by atoms with Gasteiger partial charge in [0.15, 0.2) is 0 Å². The van der Waals surface area contributed by atoms with E-state index < -0.39 is 0 Å². The first-order valence-corrected chi connectivity index (χ1v) is 15.5. The second-order valence-corrected chi connectivity index (χ2v) is 10.8. The van der Waals surface area contributed by atoms with Gasteiger partial charge in [0.05, 0.1) is 0 Å². The van der Waals surface area contributed by atoms with Crippen LogP contribution in [0.15, 0.2) is 34.9 Å². The Balaban J connectivity index is -0.000000732. The number of fused-ring (bicyclic) bond motifs is 5. The zero-order valence-corrected chi connectivity index (χ0v) is 25.7. The first kappa shape index (κ1) is 39.7. The first-order chi connectivity index (χ1) is 16.4. The Kier molecular flexibility index (Phi) is 23.4. The summed E-state index contributed by atoms with van der Waals surface area (Å²) in [7, 11) is 0. The van der Waals surface area contributed by atoms with E-state index in [0.717, 1.165) is 29.6 Å². The molecule has 4 aliphatic rings. The molecule has 5 atom stereocenters. The normalized spacial score (nSPS) is 30.1. The first-order valence-electron chi connectivity index (χ1n) is 15.5. The van der Waals surface area contributed by atoms with E-state index in [2.05, 4.69) is 59.8 Å². The van der Waals surface area contributed by atoms with Gasteiger partial charge in [-0.15, -0.1) is 0 Å². The lowest BCUT2D eigenvalue weighted by molar-refractivity contribution is 0.0455. The van der Waals surface area contributed by atoms with Crippen molar-refractivity contribution < 1.29 is 0 Å². The molecule has 0 aromatic carbocycles. The van der Waals surface area contributed by atoms with Crippen LogP contribution in [0.4, 0.5) is 0 Å². The van der Waals surface area contributed by atoms with Crippen LogP contribution in [0.5, 0.6) is 0 Å². The smallest absolute Gasteiger partial charge is 0.00850 e. The van der Waals surface area contributed by atoms with Crippen LogP contribution >= 0.6 is 0 Å². The second-order valence-electron chi connectivity index (χ2n) is 10.8. The molecular weight excluding hydrogens is 432 g/mol. The summed E-state index contributed by atoms with van der Waals surface area (Å²) < 4.78 is 0. The highest BCUT2D eigenvalue weighted by molar-refractivity contribution is 5.32. The van der Waals surface area contributed by atoms with Gasteiger partial charge < -0.3 is 0 Å². The summed E-state index contributed by atoms with van der Waals surface area (Å²) in [6.07, 6.45) is 21.6. The van der Waals surface area contributed by atoms with Gasteiger partial charge in [-0.3, -0.25) is 0 Å². The van der Waals surface area contributed by atoms with E-state index in [-0.39, 0.29) is 14.9 Å². The van der Waals surface area contributed by atoms with Gasteiger partial charge in [0.1, 0.15) is 0 Å². The largest absolute Gasteiger partial charge is 0.0848 e. The third-order valence-corrected chi connectivity index (χ3v) is 8.66. The molecule has 3 saturated carbocycles. The van der Waals surface area contributed by atoms with Crippen molar-refractivity contribution in [3.8, 4) is 0 Å². The predicted octanol–water partition coefficient (Wildman–Crippen LogP) is 13.2. The molecule has 0 spiro atoms. The third kappa shape index (κ3) is 10.2. The van der Waals surface area contributed by atoms with E-state index in [1.54, 1.807) is 5.57 Å². The number of hydrogen-bond acceptors (Lipinski definition) is 0. The van der Waals surface area contributed by atoms with Crippen molar-refractivity contribution in [1.82, 2.24) is 0 Å². The van der Waals surface area contributed by atoms with Gasteiger partial charge in [-0.25, -0.2) is 0 Å². The Morgan fingerprint density at radius 3 is 2.03 bits per heavy atom. The zero-order chi connectivity index (χ0) is 26.3. The highest BCUT2D eigenvalue weighted by Crippen LogP contribution is 2.63. The Hall–Kier alpha value is -0.780. The molecule has 0 bridgehead atoms. The summed E-state index contributed by atoms with van der Waals surface area (Å²) >= 11 is 0. The van der Waals surface area contributed by atoms with E-state index in [1.807, 2.05) is 52.7 Å². The van der Waals surface area contributed by atoms with Crippen LogP contribution < -0.4 is 0 Å². The molecule has 0 saturated heterocycles. The summed E-state index contributed by atoms with van der Waals surface area (Å²) in [6.45, 7) is 25.9. The molecule has 4 aliphatic carbocycles. The maximum atomic E-state index is 2.62. The van der Waals surface area contributed by atoms with Gasteiger partial charge in [0, 0.05) is 0 Å². The third-order valence-electron chi connectivity index (χ3n) is 8.66. The molecule has 0 heterocycles. The fourth-order valence-corrected chi connectivity index (χ4v) is 6.64. The molecule has 0 aromatic rings. The molecule has 0 amide bonds. The molecule has 0 heteroatoms. The molecule has 0 nitrogen and oxygen atoms in total. The molecule has 0 N–H and O–H groups in total. The van der Waals surface area contributed by atoms with Crippen molar-refractivity contribution in [3.63, 3.8) is 0 Å². The van der Waals surface area contributed by atoms with Crippen LogP contribution in [0.1, 0.15) is 162 Å². The predicted molar refractivity (Wildman–Crippen MR) is 172 cm³/mol. The highest BCUT2D eigenvalue weighted by atomic mass is 14.6. The van der Waals surface area contributed by atoms with Crippen molar-refractivity contribution in [2.75, 3.05) is 0 Å². The lowest BCUT2D eigenvalue weighted by Gasteiger charge is -2.52. The fourth-order valence-electron chi connectivity index (χ4n) is 6.64. The van der Waals surface area contributed by atoms with Gasteiger partial charge >= 0.3 is 0 Å². The van der Waals surface area contributed by atoms with Crippen LogP contribution in [0, 0.1) is 35.0 Å². The molecule has 3 fully saturated rings. The number of rotatable bonds is 3. The minimum absolute atomic E-state index is 0. The monoisotopic (exact) mass is 505 g/mol. The maximum Gasteiger partial charge on any atom is -0.00850 e. The van der Waals surface area contributed by atoms with Crippen molar-refractivity contribution in [2.24, 2.45) is 35.0 Å². The van der Waals surface area contributed by atoms with Crippen LogP contribution in [0.2, 0.25) is 0 Å². The van der Waals surface area contributed by atoms with Gasteiger partial charge in [0.25, 0.3) is 0 Å². The summed E-state index contributed by atoms with van der Waals surface area (Å²) in [5, 5.41) is 0. The number of allylic oxidation sites excluding steroid dienone is 6. The van der Waals surface area contributed by atoms with Crippen LogP contribution in [0.3, 0.4) is 0 Å². The lowest BCUT2D eigenvalue weighted by atomic mass is 9.53. The van der Waals surface area contributed by atoms with Crippen LogP contribution in [0.25, 0.3) is 0 Å². The standard InChI is InChI=1S/C23H34.C5H12.3C2H6.2CH4/c1-4-5-6-18-9-12-22-21-11-8-17-15-16(2)7-10-19(17)20(21)13-14-23(18,22)3;1-4-5(2)3;3*1-2;;/h6-7,10,17,20-22H,4-5,8-9,11-15H2,1-3H3;5H,4H2,1-3H3;3*1-2H3;2*1H4/b18-6-;;;;;;. The van der Waals surface area contributed by atoms with Gasteiger partial charge in [-0.2, -0.15) is 0 Å². The van der Waals surface area contributed by atoms with Gasteiger partial charge in [-0.05, 0) is 93.3 Å². The van der Waals surface area contributed by atoms with E-state index in [1.165, 1.54) is 64.2 Å².